The number of nitrogens with two attached hydrogens (primary N) is 1. The molecule has 3 fully saturated rings. The second-order valence-electron chi connectivity index (χ2n) is 8.56. The minimum atomic E-state index is -0.251. The largest absolute Gasteiger partial charge is 0.327 e. The van der Waals surface area contributed by atoms with Crippen LogP contribution in [0.2, 0.25) is 0 Å². The summed E-state index contributed by atoms with van der Waals surface area (Å²) in [6, 6.07) is 8.56. The minimum absolute atomic E-state index is 0.0214. The van der Waals surface area contributed by atoms with Crippen LogP contribution in [0.1, 0.15) is 58.6 Å². The number of Topliss-reactive ketones (excluding diaryl/α,β-unsaturated/α-hetero) is 1. The highest BCUT2D eigenvalue weighted by atomic mass is 16.1. The molecule has 0 aliphatic heterocycles. The molecule has 0 bridgehead atoms. The Morgan fingerprint density at radius 1 is 1.17 bits per heavy atom. The van der Waals surface area contributed by atoms with Gasteiger partial charge in [-0.05, 0) is 36.3 Å². The van der Waals surface area contributed by atoms with E-state index < -0.39 is 0 Å². The summed E-state index contributed by atoms with van der Waals surface area (Å²) in [5, 5.41) is 0. The Bertz CT molecular complexity index is 699. The maximum atomic E-state index is 13.0. The molecule has 3 aliphatic rings. The Morgan fingerprint density at radius 3 is 2.17 bits per heavy atom. The summed E-state index contributed by atoms with van der Waals surface area (Å²) >= 11 is 0. The Balaban J connectivity index is 0.000000526. The summed E-state index contributed by atoms with van der Waals surface area (Å²) in [6.07, 6.45) is 4.32. The van der Waals surface area contributed by atoms with Gasteiger partial charge in [0, 0.05) is 22.4 Å². The van der Waals surface area contributed by atoms with E-state index in [2.05, 4.69) is 71.9 Å². The predicted octanol–water partition coefficient (Wildman–Crippen LogP) is 4.76. The van der Waals surface area contributed by atoms with Crippen molar-refractivity contribution in [3.63, 3.8) is 0 Å². The van der Waals surface area contributed by atoms with E-state index in [0.717, 1.165) is 17.6 Å². The number of carbonyl (C=O) groups is 1. The standard InChI is InChI=1S/C19H23NO.C3H8/c1-11-5-7-12(8-6-11)9-13-14-10-15(20)19(14)17(2,3)18(19,4)16(13)21;1-3-2/h5-9,14-15H,10,20H2,1-4H3;3H2,1-2H3/b13-9-;. The number of ketones is 1. The molecule has 3 aliphatic carbocycles. The number of carbonyl (C=O) groups excluding carboxylic acids is 1. The fourth-order valence-electron chi connectivity index (χ4n) is 5.81. The summed E-state index contributed by atoms with van der Waals surface area (Å²) in [6.45, 7) is 12.9. The van der Waals surface area contributed by atoms with Crippen molar-refractivity contribution in [1.82, 2.24) is 0 Å². The first-order valence-electron chi connectivity index (χ1n) is 9.28. The molecule has 0 saturated heterocycles. The van der Waals surface area contributed by atoms with Gasteiger partial charge < -0.3 is 5.73 Å². The molecule has 2 nitrogen and oxygen atoms in total. The van der Waals surface area contributed by atoms with Crippen LogP contribution >= 0.6 is 0 Å². The van der Waals surface area contributed by atoms with Gasteiger partial charge in [0.1, 0.15) is 0 Å². The van der Waals surface area contributed by atoms with E-state index in [0.29, 0.717) is 11.7 Å². The van der Waals surface area contributed by atoms with Gasteiger partial charge in [0.05, 0.1) is 0 Å². The molecular formula is C22H31NO. The van der Waals surface area contributed by atoms with E-state index >= 15 is 0 Å². The van der Waals surface area contributed by atoms with Crippen molar-refractivity contribution in [2.75, 3.05) is 0 Å². The molecule has 2 N–H and O–H groups in total. The number of allylic oxidation sites excluding steroid dienone is 1. The molecule has 0 aromatic heterocycles. The highest BCUT2D eigenvalue weighted by molar-refractivity contribution is 6.12. The van der Waals surface area contributed by atoms with Crippen LogP contribution in [0, 0.1) is 29.1 Å². The van der Waals surface area contributed by atoms with E-state index in [-0.39, 0.29) is 22.3 Å². The van der Waals surface area contributed by atoms with Gasteiger partial charge in [0.2, 0.25) is 0 Å². The molecular weight excluding hydrogens is 294 g/mol. The van der Waals surface area contributed by atoms with Crippen LogP contribution in [0.4, 0.5) is 0 Å². The van der Waals surface area contributed by atoms with E-state index in [1.54, 1.807) is 0 Å². The van der Waals surface area contributed by atoms with Crippen molar-refractivity contribution in [3.05, 3.63) is 41.0 Å². The van der Waals surface area contributed by atoms with Crippen molar-refractivity contribution in [2.45, 2.75) is 60.4 Å². The van der Waals surface area contributed by atoms with Crippen LogP contribution in [-0.4, -0.2) is 11.8 Å². The Hall–Kier alpha value is -1.41. The van der Waals surface area contributed by atoms with E-state index in [9.17, 15) is 4.79 Å². The van der Waals surface area contributed by atoms with E-state index in [1.807, 2.05) is 0 Å². The van der Waals surface area contributed by atoms with Crippen molar-refractivity contribution in [2.24, 2.45) is 27.9 Å². The molecule has 2 heteroatoms. The van der Waals surface area contributed by atoms with Crippen LogP contribution in [0.15, 0.2) is 29.8 Å². The van der Waals surface area contributed by atoms with Crippen molar-refractivity contribution in [3.8, 4) is 0 Å². The number of aryl methyl sites for hydroxylation is 1. The molecule has 0 amide bonds. The van der Waals surface area contributed by atoms with E-state index in [1.165, 1.54) is 12.0 Å². The number of rotatable bonds is 1. The summed E-state index contributed by atoms with van der Waals surface area (Å²) in [4.78, 5) is 13.0. The average molecular weight is 325 g/mol. The second kappa shape index (κ2) is 5.29. The molecule has 1 spiro atoms. The second-order valence-corrected chi connectivity index (χ2v) is 8.56. The molecule has 4 atom stereocenters. The van der Waals surface area contributed by atoms with Crippen LogP contribution in [0.25, 0.3) is 6.08 Å². The molecule has 1 aromatic rings. The Labute approximate surface area is 146 Å². The molecule has 0 radical (unpaired) electrons. The number of benzene rings is 1. The lowest BCUT2D eigenvalue weighted by Crippen LogP contribution is -2.51. The summed E-state index contributed by atoms with van der Waals surface area (Å²) in [7, 11) is 0. The van der Waals surface area contributed by atoms with Crippen molar-refractivity contribution < 1.29 is 4.79 Å². The van der Waals surface area contributed by atoms with Crippen molar-refractivity contribution >= 4 is 11.9 Å². The molecule has 130 valence electrons. The van der Waals surface area contributed by atoms with Gasteiger partial charge in [0.15, 0.2) is 5.78 Å². The van der Waals surface area contributed by atoms with Gasteiger partial charge in [-0.15, -0.1) is 0 Å². The zero-order valence-electron chi connectivity index (χ0n) is 15.9. The molecule has 4 rings (SSSR count). The third-order valence-corrected chi connectivity index (χ3v) is 7.16. The lowest BCUT2D eigenvalue weighted by atomic mass is 9.61. The monoisotopic (exact) mass is 325 g/mol. The summed E-state index contributed by atoms with van der Waals surface area (Å²) in [5.41, 5.74) is 9.56. The summed E-state index contributed by atoms with van der Waals surface area (Å²) < 4.78 is 0. The van der Waals surface area contributed by atoms with Crippen LogP contribution < -0.4 is 5.73 Å². The summed E-state index contributed by atoms with van der Waals surface area (Å²) in [5.74, 6) is 0.701. The first-order valence-corrected chi connectivity index (χ1v) is 9.28. The fourth-order valence-corrected chi connectivity index (χ4v) is 5.81. The minimum Gasteiger partial charge on any atom is -0.327 e. The lowest BCUT2D eigenvalue weighted by Gasteiger charge is -2.45. The number of hydrogen-bond donors (Lipinski definition) is 1. The molecule has 24 heavy (non-hydrogen) atoms. The maximum Gasteiger partial charge on any atom is 0.166 e. The molecule has 3 saturated carbocycles. The first kappa shape index (κ1) is 17.4. The van der Waals surface area contributed by atoms with Gasteiger partial charge in [-0.3, -0.25) is 4.79 Å². The van der Waals surface area contributed by atoms with Gasteiger partial charge in [0.25, 0.3) is 0 Å². The van der Waals surface area contributed by atoms with Crippen LogP contribution in [0.5, 0.6) is 0 Å². The highest BCUT2D eigenvalue weighted by Crippen LogP contribution is 2.91. The van der Waals surface area contributed by atoms with Gasteiger partial charge in [-0.25, -0.2) is 0 Å². The topological polar surface area (TPSA) is 43.1 Å². The van der Waals surface area contributed by atoms with Crippen LogP contribution in [0.3, 0.4) is 0 Å². The van der Waals surface area contributed by atoms with Crippen molar-refractivity contribution in [1.29, 1.82) is 0 Å². The lowest BCUT2D eigenvalue weighted by molar-refractivity contribution is -0.120. The predicted molar refractivity (Wildman–Crippen MR) is 101 cm³/mol. The fraction of sp³-hybridized carbons (Fsp3) is 0.591. The Morgan fingerprint density at radius 2 is 1.71 bits per heavy atom. The van der Waals surface area contributed by atoms with Gasteiger partial charge in [-0.1, -0.05) is 70.9 Å². The van der Waals surface area contributed by atoms with Gasteiger partial charge >= 0.3 is 0 Å². The zero-order valence-corrected chi connectivity index (χ0v) is 15.9. The SMILES string of the molecule is CCC.Cc1ccc(/C=C2\C(=O)C3(C)C(C)(C)C34C(N)CC24)cc1. The normalized spacial score (nSPS) is 39.5. The average Bonchev–Trinajstić information content (AvgIpc) is 2.89. The quantitative estimate of drug-likeness (QED) is 0.757. The Kier molecular flexibility index (Phi) is 3.84. The highest BCUT2D eigenvalue weighted by Gasteiger charge is 2.94. The molecule has 0 heterocycles. The third kappa shape index (κ3) is 1.73. The maximum absolute atomic E-state index is 13.0. The number of hydrogen-bond acceptors (Lipinski definition) is 2. The van der Waals surface area contributed by atoms with Gasteiger partial charge in [-0.2, -0.15) is 0 Å². The molecule has 4 unspecified atom stereocenters. The third-order valence-electron chi connectivity index (χ3n) is 7.16. The molecule has 1 aromatic carbocycles. The smallest absolute Gasteiger partial charge is 0.166 e. The van der Waals surface area contributed by atoms with E-state index in [4.69, 9.17) is 5.73 Å². The first-order chi connectivity index (χ1) is 11.2. The zero-order chi connectivity index (χ0) is 17.9. The van der Waals surface area contributed by atoms with Crippen LogP contribution in [-0.2, 0) is 4.79 Å².